The standard InChI is InChI=1S/C4H4N2.H2O/c1-2-5-4-6-3-1;/h1-4H;1H2/p+1. The van der Waals surface area contributed by atoms with Gasteiger partial charge < -0.3 is 5.48 Å². The summed E-state index contributed by atoms with van der Waals surface area (Å²) in [5, 5.41) is 0. The van der Waals surface area contributed by atoms with Crippen LogP contribution in [0, 0.1) is 0 Å². The van der Waals surface area contributed by atoms with Crippen molar-refractivity contribution in [3.05, 3.63) is 24.8 Å². The molecule has 1 aromatic rings. The molecule has 2 N–H and O–H groups in total. The van der Waals surface area contributed by atoms with Crippen molar-refractivity contribution in [2.45, 2.75) is 0 Å². The van der Waals surface area contributed by atoms with Gasteiger partial charge in [0.05, 0.1) is 0 Å². The molecule has 0 unspecified atom stereocenters. The quantitative estimate of drug-likeness (QED) is 0.451. The van der Waals surface area contributed by atoms with Gasteiger partial charge in [0.1, 0.15) is 6.33 Å². The van der Waals surface area contributed by atoms with Crippen molar-refractivity contribution in [3.8, 4) is 0 Å². The van der Waals surface area contributed by atoms with Gasteiger partial charge in [0.15, 0.2) is 0 Å². The van der Waals surface area contributed by atoms with Crippen LogP contribution >= 0.6 is 0 Å². The lowest BCUT2D eigenvalue weighted by atomic mass is 10.7. The Hall–Kier alpha value is -0.960. The molecule has 0 aliphatic rings. The molecule has 0 aliphatic carbocycles. The van der Waals surface area contributed by atoms with Crippen LogP contribution in [0.4, 0.5) is 0 Å². The van der Waals surface area contributed by atoms with Crippen molar-refractivity contribution in [3.63, 3.8) is 0 Å². The van der Waals surface area contributed by atoms with Crippen LogP contribution in [0.1, 0.15) is 1.43 Å². The van der Waals surface area contributed by atoms with Gasteiger partial charge in [-0.3, -0.25) is 0 Å². The molecule has 0 bridgehead atoms. The van der Waals surface area contributed by atoms with Crippen LogP contribution in [0.25, 0.3) is 0 Å². The fraction of sp³-hybridized carbons (Fsp3) is 0. The molecule has 3 heteroatoms. The summed E-state index contributed by atoms with van der Waals surface area (Å²) in [6, 6.07) is 1.78. The van der Waals surface area contributed by atoms with Gasteiger partial charge in [-0.15, -0.1) is 0 Å². The summed E-state index contributed by atoms with van der Waals surface area (Å²) in [5.41, 5.74) is 0. The average molecular weight is 99.1 g/mol. The summed E-state index contributed by atoms with van der Waals surface area (Å²) in [7, 11) is 0. The van der Waals surface area contributed by atoms with Gasteiger partial charge >= 0.3 is 1.43 Å². The van der Waals surface area contributed by atoms with Crippen molar-refractivity contribution < 1.29 is 6.90 Å². The normalized spacial score (nSPS) is 6.86. The molecule has 0 radical (unpaired) electrons. The van der Waals surface area contributed by atoms with Crippen molar-refractivity contribution >= 4 is 0 Å². The van der Waals surface area contributed by atoms with Gasteiger partial charge in [0.25, 0.3) is 0 Å². The highest BCUT2D eigenvalue weighted by atomic mass is 16.0. The van der Waals surface area contributed by atoms with Crippen LogP contribution in [0.5, 0.6) is 0 Å². The minimum Gasteiger partial charge on any atom is -0.412 e. The summed E-state index contributed by atoms with van der Waals surface area (Å²) >= 11 is 0. The Labute approximate surface area is 42.8 Å². The number of nitrogens with zero attached hydrogens (tertiary/aromatic N) is 2. The first kappa shape index (κ1) is 6.04. The molecule has 0 fully saturated rings. The van der Waals surface area contributed by atoms with E-state index in [0.717, 1.165) is 0 Å². The zero-order valence-corrected chi connectivity index (χ0v) is 3.70. The fourth-order valence-corrected chi connectivity index (χ4v) is 0.253. The lowest BCUT2D eigenvalue weighted by Gasteiger charge is -1.70. The minimum atomic E-state index is 0. The van der Waals surface area contributed by atoms with Crippen molar-refractivity contribution in [1.82, 2.24) is 9.97 Å². The maximum Gasteiger partial charge on any atom is 1.00 e. The molecule has 0 saturated heterocycles. The predicted molar refractivity (Wildman–Crippen MR) is 26.8 cm³/mol. The highest BCUT2D eigenvalue weighted by Crippen LogP contribution is 1.66. The van der Waals surface area contributed by atoms with Crippen molar-refractivity contribution in [2.75, 3.05) is 0 Å². The Morgan fingerprint density at radius 1 is 1.14 bits per heavy atom. The Kier molecular flexibility index (Phi) is 2.79. The molecule has 1 heterocycles. The van der Waals surface area contributed by atoms with E-state index in [9.17, 15) is 0 Å². The molecule has 0 amide bonds. The van der Waals surface area contributed by atoms with E-state index in [1.54, 1.807) is 18.5 Å². The highest BCUT2D eigenvalue weighted by Gasteiger charge is 1.59. The third-order valence-electron chi connectivity index (χ3n) is 0.478. The maximum atomic E-state index is 3.67. The predicted octanol–water partition coefficient (Wildman–Crippen LogP) is -0.236. The second-order valence-electron chi connectivity index (χ2n) is 0.904. The van der Waals surface area contributed by atoms with Crippen LogP contribution < -0.4 is 0 Å². The van der Waals surface area contributed by atoms with Gasteiger partial charge in [-0.1, -0.05) is 0 Å². The Balaban J connectivity index is 0. The zero-order chi connectivity index (χ0) is 4.24. The summed E-state index contributed by atoms with van der Waals surface area (Å²) in [6.07, 6.45) is 4.88. The third-order valence-corrected chi connectivity index (χ3v) is 0.478. The number of hydrogen-bond donors (Lipinski definition) is 0. The highest BCUT2D eigenvalue weighted by molar-refractivity contribution is 4.74. The molecule has 38 valence electrons. The van der Waals surface area contributed by atoms with Crippen LogP contribution in [-0.4, -0.2) is 15.4 Å². The average Bonchev–Trinajstić information content (AvgIpc) is 1.72. The monoisotopic (exact) mass is 99.1 g/mol. The molecule has 1 aromatic heterocycles. The van der Waals surface area contributed by atoms with E-state index in [4.69, 9.17) is 0 Å². The van der Waals surface area contributed by atoms with Crippen molar-refractivity contribution in [2.24, 2.45) is 0 Å². The Morgan fingerprint density at radius 3 is 1.86 bits per heavy atom. The van der Waals surface area contributed by atoms with E-state index in [1.807, 2.05) is 0 Å². The first-order valence-electron chi connectivity index (χ1n) is 1.70. The third kappa shape index (κ3) is 1.83. The fourth-order valence-electron chi connectivity index (χ4n) is 0.253. The Morgan fingerprint density at radius 2 is 1.71 bits per heavy atom. The number of hydrogen-bond acceptors (Lipinski definition) is 2. The molecular weight excluding hydrogens is 92.1 g/mol. The molecule has 1 rings (SSSR count). The van der Waals surface area contributed by atoms with E-state index in [1.165, 1.54) is 6.33 Å². The van der Waals surface area contributed by atoms with Gasteiger partial charge in [0, 0.05) is 12.4 Å². The maximum absolute atomic E-state index is 3.67. The van der Waals surface area contributed by atoms with E-state index in [-0.39, 0.29) is 6.90 Å². The summed E-state index contributed by atoms with van der Waals surface area (Å²) in [6.45, 7) is 0. The summed E-state index contributed by atoms with van der Waals surface area (Å²) in [4.78, 5) is 7.35. The van der Waals surface area contributed by atoms with Crippen LogP contribution in [0.2, 0.25) is 0 Å². The minimum absolute atomic E-state index is 0. The molecule has 0 spiro atoms. The number of rotatable bonds is 0. The topological polar surface area (TPSA) is 57.3 Å². The first-order chi connectivity index (χ1) is 3.00. The van der Waals surface area contributed by atoms with Gasteiger partial charge in [-0.2, -0.15) is 0 Å². The van der Waals surface area contributed by atoms with Gasteiger partial charge in [-0.25, -0.2) is 9.97 Å². The van der Waals surface area contributed by atoms with Crippen LogP contribution in [0.3, 0.4) is 0 Å². The lowest BCUT2D eigenvalue weighted by molar-refractivity contribution is 0.824. The van der Waals surface area contributed by atoms with E-state index < -0.39 is 0 Å². The van der Waals surface area contributed by atoms with Crippen LogP contribution in [0.15, 0.2) is 24.8 Å². The zero-order valence-electron chi connectivity index (χ0n) is 4.70. The van der Waals surface area contributed by atoms with E-state index in [2.05, 4.69) is 9.97 Å². The molecule has 0 aliphatic heterocycles. The molecule has 3 nitrogen and oxygen atoms in total. The summed E-state index contributed by atoms with van der Waals surface area (Å²) < 4.78 is 0. The van der Waals surface area contributed by atoms with Crippen LogP contribution in [-0.2, 0) is 0 Å². The largest absolute Gasteiger partial charge is 1.00 e. The Bertz CT molecular complexity index is 86.0. The molecule has 0 atom stereocenters. The SMILES string of the molecule is O.[H+].c1cncnc1. The second kappa shape index (κ2) is 3.24. The first-order valence-corrected chi connectivity index (χ1v) is 1.70. The molecular formula is C4H7N2O+. The number of aromatic nitrogens is 2. The van der Waals surface area contributed by atoms with Gasteiger partial charge in [-0.05, 0) is 6.07 Å². The van der Waals surface area contributed by atoms with E-state index >= 15 is 0 Å². The smallest absolute Gasteiger partial charge is 0.412 e. The summed E-state index contributed by atoms with van der Waals surface area (Å²) in [5.74, 6) is 0. The van der Waals surface area contributed by atoms with Crippen molar-refractivity contribution in [1.29, 1.82) is 0 Å². The van der Waals surface area contributed by atoms with Gasteiger partial charge in [0.2, 0.25) is 0 Å². The molecule has 0 aromatic carbocycles. The molecule has 7 heavy (non-hydrogen) atoms. The second-order valence-corrected chi connectivity index (χ2v) is 0.904. The lowest BCUT2D eigenvalue weighted by Crippen LogP contribution is -1.66. The molecule has 0 saturated carbocycles. The van der Waals surface area contributed by atoms with E-state index in [0.29, 0.717) is 0 Å².